The quantitative estimate of drug-likeness (QED) is 0.702. The predicted molar refractivity (Wildman–Crippen MR) is 84.9 cm³/mol. The molecule has 0 aliphatic rings. The fourth-order valence-electron chi connectivity index (χ4n) is 2.25. The summed E-state index contributed by atoms with van der Waals surface area (Å²) >= 11 is 11.9. The number of fused-ring (bicyclic) bond motifs is 1. The molecular formula is C16H8Cl2O4. The number of aromatic carboxylic acids is 1. The van der Waals surface area contributed by atoms with Gasteiger partial charge in [0.15, 0.2) is 0 Å². The molecular weight excluding hydrogens is 327 g/mol. The lowest BCUT2D eigenvalue weighted by molar-refractivity contribution is 0.0697. The van der Waals surface area contributed by atoms with Crippen molar-refractivity contribution in [1.29, 1.82) is 0 Å². The van der Waals surface area contributed by atoms with Crippen LogP contribution in [-0.2, 0) is 0 Å². The van der Waals surface area contributed by atoms with Gasteiger partial charge in [0.1, 0.15) is 5.58 Å². The van der Waals surface area contributed by atoms with Gasteiger partial charge in [-0.05, 0) is 24.3 Å². The topological polar surface area (TPSA) is 67.5 Å². The zero-order valence-corrected chi connectivity index (χ0v) is 12.5. The first-order chi connectivity index (χ1) is 10.5. The molecule has 0 saturated heterocycles. The molecule has 0 amide bonds. The van der Waals surface area contributed by atoms with Crippen LogP contribution in [0.4, 0.5) is 0 Å². The van der Waals surface area contributed by atoms with E-state index in [9.17, 15) is 14.7 Å². The Bertz CT molecular complexity index is 960. The lowest BCUT2D eigenvalue weighted by Gasteiger charge is -2.09. The van der Waals surface area contributed by atoms with Crippen LogP contribution in [0.2, 0.25) is 10.0 Å². The van der Waals surface area contributed by atoms with E-state index < -0.39 is 11.6 Å². The zero-order chi connectivity index (χ0) is 15.9. The molecule has 0 aliphatic heterocycles. The fourth-order valence-corrected chi connectivity index (χ4v) is 2.85. The average Bonchev–Trinajstić information content (AvgIpc) is 2.46. The summed E-state index contributed by atoms with van der Waals surface area (Å²) in [5.41, 5.74) is -0.223. The van der Waals surface area contributed by atoms with E-state index in [0.717, 1.165) is 0 Å². The number of hydrogen-bond donors (Lipinski definition) is 1. The molecule has 110 valence electrons. The molecule has 0 spiro atoms. The summed E-state index contributed by atoms with van der Waals surface area (Å²) in [6, 6.07) is 11.1. The summed E-state index contributed by atoms with van der Waals surface area (Å²) in [7, 11) is 0. The second-order valence-electron chi connectivity index (χ2n) is 4.60. The molecule has 0 aliphatic carbocycles. The lowest BCUT2D eigenvalue weighted by atomic mass is 10.00. The fraction of sp³-hybridized carbons (Fsp3) is 0. The van der Waals surface area contributed by atoms with Gasteiger partial charge < -0.3 is 9.52 Å². The number of rotatable bonds is 2. The van der Waals surface area contributed by atoms with E-state index >= 15 is 0 Å². The van der Waals surface area contributed by atoms with E-state index in [0.29, 0.717) is 11.0 Å². The normalized spacial score (nSPS) is 10.8. The van der Waals surface area contributed by atoms with Gasteiger partial charge in [0.05, 0.1) is 16.1 Å². The third-order valence-electron chi connectivity index (χ3n) is 3.20. The van der Waals surface area contributed by atoms with E-state index in [1.165, 1.54) is 12.1 Å². The van der Waals surface area contributed by atoms with Crippen LogP contribution in [-0.4, -0.2) is 11.1 Å². The highest BCUT2D eigenvalue weighted by molar-refractivity contribution is 6.37. The van der Waals surface area contributed by atoms with Crippen LogP contribution in [0.5, 0.6) is 0 Å². The number of halogens is 2. The summed E-state index contributed by atoms with van der Waals surface area (Å²) in [5, 5.41) is 10.2. The van der Waals surface area contributed by atoms with E-state index in [2.05, 4.69) is 0 Å². The predicted octanol–water partition coefficient (Wildman–Crippen LogP) is 4.47. The van der Waals surface area contributed by atoms with Crippen LogP contribution in [0.1, 0.15) is 10.4 Å². The van der Waals surface area contributed by atoms with Gasteiger partial charge in [0.2, 0.25) is 0 Å². The maximum Gasteiger partial charge on any atom is 0.344 e. The van der Waals surface area contributed by atoms with Crippen LogP contribution >= 0.6 is 23.2 Å². The molecule has 0 unspecified atom stereocenters. The van der Waals surface area contributed by atoms with Crippen molar-refractivity contribution in [2.75, 3.05) is 0 Å². The minimum Gasteiger partial charge on any atom is -0.478 e. The largest absolute Gasteiger partial charge is 0.478 e. The average molecular weight is 335 g/mol. The van der Waals surface area contributed by atoms with Crippen LogP contribution in [0, 0.1) is 0 Å². The van der Waals surface area contributed by atoms with Gasteiger partial charge >= 0.3 is 11.6 Å². The Morgan fingerprint density at radius 1 is 1.09 bits per heavy atom. The first-order valence-corrected chi connectivity index (χ1v) is 6.98. The molecule has 0 radical (unpaired) electrons. The minimum atomic E-state index is -1.23. The van der Waals surface area contributed by atoms with Gasteiger partial charge in [-0.25, -0.2) is 9.59 Å². The van der Waals surface area contributed by atoms with Gasteiger partial charge in [-0.15, -0.1) is 0 Å². The van der Waals surface area contributed by atoms with Crippen LogP contribution in [0.3, 0.4) is 0 Å². The Morgan fingerprint density at radius 2 is 1.82 bits per heavy atom. The van der Waals surface area contributed by atoms with Gasteiger partial charge in [0, 0.05) is 16.0 Å². The number of carboxylic acid groups (broad SMARTS) is 1. The molecule has 0 saturated carbocycles. The molecule has 6 heteroatoms. The van der Waals surface area contributed by atoms with Crippen molar-refractivity contribution >= 4 is 40.1 Å². The minimum absolute atomic E-state index is 0.0764. The van der Waals surface area contributed by atoms with Crippen molar-refractivity contribution < 1.29 is 14.3 Å². The number of benzene rings is 2. The molecule has 0 bridgehead atoms. The molecule has 0 atom stereocenters. The Hall–Kier alpha value is -2.30. The zero-order valence-electron chi connectivity index (χ0n) is 11.0. The first-order valence-electron chi connectivity index (χ1n) is 6.23. The van der Waals surface area contributed by atoms with Crippen LogP contribution in [0.15, 0.2) is 51.7 Å². The molecule has 4 nitrogen and oxygen atoms in total. The number of hydrogen-bond acceptors (Lipinski definition) is 3. The SMILES string of the molecule is O=C(O)c1cc(Cl)cc(Cl)c1-c1cc2ccccc2oc1=O. The van der Waals surface area contributed by atoms with Crippen molar-refractivity contribution in [2.45, 2.75) is 0 Å². The Kier molecular flexibility index (Phi) is 3.64. The Morgan fingerprint density at radius 3 is 2.55 bits per heavy atom. The Labute approximate surface area is 134 Å². The standard InChI is InChI=1S/C16H8Cl2O4/c17-9-6-10(15(19)20)14(12(18)7-9)11-5-8-3-1-2-4-13(8)22-16(11)21/h1-7H,(H,19,20). The molecule has 3 aromatic rings. The van der Waals surface area contributed by atoms with Crippen LogP contribution < -0.4 is 5.63 Å². The number of carboxylic acids is 1. The lowest BCUT2D eigenvalue weighted by Crippen LogP contribution is -2.08. The van der Waals surface area contributed by atoms with E-state index in [4.69, 9.17) is 27.6 Å². The van der Waals surface area contributed by atoms with Gasteiger partial charge in [-0.2, -0.15) is 0 Å². The highest BCUT2D eigenvalue weighted by Crippen LogP contribution is 2.33. The third-order valence-corrected chi connectivity index (χ3v) is 3.71. The summed E-state index contributed by atoms with van der Waals surface area (Å²) in [6.07, 6.45) is 0. The van der Waals surface area contributed by atoms with Crippen molar-refractivity contribution in [3.8, 4) is 11.1 Å². The van der Waals surface area contributed by atoms with Crippen molar-refractivity contribution in [2.24, 2.45) is 0 Å². The van der Waals surface area contributed by atoms with Crippen molar-refractivity contribution in [3.05, 3.63) is 68.5 Å². The molecule has 2 aromatic carbocycles. The summed E-state index contributed by atoms with van der Waals surface area (Å²) in [4.78, 5) is 23.6. The van der Waals surface area contributed by atoms with E-state index in [1.807, 2.05) is 0 Å². The van der Waals surface area contributed by atoms with Crippen molar-refractivity contribution in [1.82, 2.24) is 0 Å². The highest BCUT2D eigenvalue weighted by atomic mass is 35.5. The summed E-state index contributed by atoms with van der Waals surface area (Å²) in [6.45, 7) is 0. The van der Waals surface area contributed by atoms with Gasteiger partial charge in [0.25, 0.3) is 0 Å². The maximum absolute atomic E-state index is 12.2. The summed E-state index contributed by atoms with van der Waals surface area (Å²) in [5.74, 6) is -1.23. The molecule has 1 N–H and O–H groups in total. The first kappa shape index (κ1) is 14.6. The molecule has 1 heterocycles. The van der Waals surface area contributed by atoms with Gasteiger partial charge in [-0.1, -0.05) is 41.4 Å². The molecule has 3 rings (SSSR count). The van der Waals surface area contributed by atoms with E-state index in [-0.39, 0.29) is 26.7 Å². The highest BCUT2D eigenvalue weighted by Gasteiger charge is 2.20. The summed E-state index contributed by atoms with van der Waals surface area (Å²) < 4.78 is 5.23. The second-order valence-corrected chi connectivity index (χ2v) is 5.44. The van der Waals surface area contributed by atoms with Crippen molar-refractivity contribution in [3.63, 3.8) is 0 Å². The smallest absolute Gasteiger partial charge is 0.344 e. The van der Waals surface area contributed by atoms with Gasteiger partial charge in [-0.3, -0.25) is 0 Å². The maximum atomic E-state index is 12.2. The number of para-hydroxylation sites is 1. The Balaban J connectivity index is 2.39. The monoisotopic (exact) mass is 334 g/mol. The van der Waals surface area contributed by atoms with E-state index in [1.54, 1.807) is 30.3 Å². The second kappa shape index (κ2) is 5.48. The van der Waals surface area contributed by atoms with Crippen LogP contribution in [0.25, 0.3) is 22.1 Å². The molecule has 1 aromatic heterocycles. The number of carbonyl (C=O) groups is 1. The third kappa shape index (κ3) is 2.47. The molecule has 0 fully saturated rings. The molecule has 22 heavy (non-hydrogen) atoms.